The lowest BCUT2D eigenvalue weighted by Crippen LogP contribution is -2.19. The van der Waals surface area contributed by atoms with Crippen LogP contribution in [0.15, 0.2) is 12.5 Å². The summed E-state index contributed by atoms with van der Waals surface area (Å²) in [5, 5.41) is 8.55. The van der Waals surface area contributed by atoms with Gasteiger partial charge in [0, 0.05) is 13.1 Å². The molecule has 0 amide bonds. The van der Waals surface area contributed by atoms with Crippen molar-refractivity contribution in [3.63, 3.8) is 0 Å². The molecule has 6 nitrogen and oxygen atoms in total. The molecule has 0 spiro atoms. The van der Waals surface area contributed by atoms with Crippen LogP contribution in [0.5, 0.6) is 0 Å². The number of fused-ring (bicyclic) bond motifs is 1. The molecule has 0 aromatic carbocycles. The standard InChI is InChI=1S/C11H18N6/c1-4-12-10-9-7-15-17(6-5-16(2)3)11(9)14-8-13-10/h7-8H,4-6H2,1-3H3,(H,12,13,14). The minimum atomic E-state index is 0.832. The summed E-state index contributed by atoms with van der Waals surface area (Å²) in [5.74, 6) is 0.855. The molecule has 1 N–H and O–H groups in total. The van der Waals surface area contributed by atoms with Gasteiger partial charge in [0.25, 0.3) is 0 Å². The molecule has 2 aromatic rings. The van der Waals surface area contributed by atoms with Gasteiger partial charge >= 0.3 is 0 Å². The Morgan fingerprint density at radius 2 is 2.18 bits per heavy atom. The van der Waals surface area contributed by atoms with Gasteiger partial charge in [-0.05, 0) is 21.0 Å². The third-order valence-corrected chi connectivity index (χ3v) is 2.54. The van der Waals surface area contributed by atoms with Crippen LogP contribution in [0.25, 0.3) is 11.0 Å². The Kier molecular flexibility index (Phi) is 3.53. The smallest absolute Gasteiger partial charge is 0.163 e. The van der Waals surface area contributed by atoms with E-state index in [0.717, 1.165) is 36.5 Å². The van der Waals surface area contributed by atoms with Crippen molar-refractivity contribution in [3.05, 3.63) is 12.5 Å². The first-order valence-corrected chi connectivity index (χ1v) is 5.77. The second kappa shape index (κ2) is 5.09. The Balaban J connectivity index is 2.30. The van der Waals surface area contributed by atoms with E-state index in [9.17, 15) is 0 Å². The van der Waals surface area contributed by atoms with Crippen LogP contribution in [-0.2, 0) is 6.54 Å². The zero-order valence-electron chi connectivity index (χ0n) is 10.5. The van der Waals surface area contributed by atoms with E-state index in [-0.39, 0.29) is 0 Å². The summed E-state index contributed by atoms with van der Waals surface area (Å²) in [5.41, 5.74) is 0.887. The number of nitrogens with zero attached hydrogens (tertiary/aromatic N) is 5. The summed E-state index contributed by atoms with van der Waals surface area (Å²) in [6.07, 6.45) is 3.40. The number of hydrogen-bond donors (Lipinski definition) is 1. The van der Waals surface area contributed by atoms with Crippen molar-refractivity contribution in [1.82, 2.24) is 24.6 Å². The van der Waals surface area contributed by atoms with Crippen molar-refractivity contribution in [2.45, 2.75) is 13.5 Å². The Morgan fingerprint density at radius 1 is 1.35 bits per heavy atom. The van der Waals surface area contributed by atoms with Gasteiger partial charge in [0.1, 0.15) is 12.1 Å². The average molecular weight is 234 g/mol. The molecule has 0 saturated carbocycles. The van der Waals surface area contributed by atoms with E-state index < -0.39 is 0 Å². The molecular weight excluding hydrogens is 216 g/mol. The summed E-state index contributed by atoms with van der Waals surface area (Å²) in [6, 6.07) is 0. The third-order valence-electron chi connectivity index (χ3n) is 2.54. The minimum Gasteiger partial charge on any atom is -0.370 e. The predicted molar refractivity (Wildman–Crippen MR) is 68.0 cm³/mol. The van der Waals surface area contributed by atoms with E-state index in [1.165, 1.54) is 0 Å². The molecule has 92 valence electrons. The number of likely N-dealkylation sites (N-methyl/N-ethyl adjacent to an activating group) is 1. The van der Waals surface area contributed by atoms with Crippen LogP contribution >= 0.6 is 0 Å². The van der Waals surface area contributed by atoms with Gasteiger partial charge < -0.3 is 10.2 Å². The van der Waals surface area contributed by atoms with Crippen molar-refractivity contribution in [2.24, 2.45) is 0 Å². The molecule has 0 aliphatic heterocycles. The lowest BCUT2D eigenvalue weighted by atomic mass is 10.4. The Morgan fingerprint density at radius 3 is 2.88 bits per heavy atom. The lowest BCUT2D eigenvalue weighted by Gasteiger charge is -2.09. The fourth-order valence-electron chi connectivity index (χ4n) is 1.66. The van der Waals surface area contributed by atoms with Gasteiger partial charge in [-0.2, -0.15) is 5.10 Å². The zero-order valence-corrected chi connectivity index (χ0v) is 10.5. The SMILES string of the molecule is CCNc1ncnc2c1cnn2CCN(C)C. The second-order valence-electron chi connectivity index (χ2n) is 4.16. The van der Waals surface area contributed by atoms with E-state index in [0.29, 0.717) is 0 Å². The van der Waals surface area contributed by atoms with Gasteiger partial charge in [-0.1, -0.05) is 0 Å². The summed E-state index contributed by atoms with van der Waals surface area (Å²) in [6.45, 7) is 4.66. The van der Waals surface area contributed by atoms with E-state index in [2.05, 4.69) is 25.3 Å². The molecule has 2 aromatic heterocycles. The first-order chi connectivity index (χ1) is 8.22. The number of aromatic nitrogens is 4. The van der Waals surface area contributed by atoms with E-state index in [1.807, 2.05) is 31.9 Å². The third kappa shape index (κ3) is 2.52. The predicted octanol–water partition coefficient (Wildman–Crippen LogP) is 0.820. The first kappa shape index (κ1) is 11.8. The van der Waals surface area contributed by atoms with Gasteiger partial charge in [0.05, 0.1) is 18.1 Å². The molecule has 0 aliphatic rings. The highest BCUT2D eigenvalue weighted by atomic mass is 15.3. The first-order valence-electron chi connectivity index (χ1n) is 5.77. The van der Waals surface area contributed by atoms with Gasteiger partial charge in [-0.15, -0.1) is 0 Å². The molecule has 0 aliphatic carbocycles. The van der Waals surface area contributed by atoms with Crippen LogP contribution < -0.4 is 5.32 Å². The van der Waals surface area contributed by atoms with Gasteiger partial charge in [0.2, 0.25) is 0 Å². The molecule has 0 bridgehead atoms. The quantitative estimate of drug-likeness (QED) is 0.830. The molecule has 0 saturated heterocycles. The maximum absolute atomic E-state index is 4.36. The summed E-state index contributed by atoms with van der Waals surface area (Å²) >= 11 is 0. The van der Waals surface area contributed by atoms with Gasteiger partial charge in [-0.25, -0.2) is 14.6 Å². The number of hydrogen-bond acceptors (Lipinski definition) is 5. The van der Waals surface area contributed by atoms with Crippen LogP contribution in [0.3, 0.4) is 0 Å². The van der Waals surface area contributed by atoms with Crippen molar-refractivity contribution < 1.29 is 0 Å². The molecule has 0 radical (unpaired) electrons. The topological polar surface area (TPSA) is 58.9 Å². The molecule has 0 atom stereocenters. The van der Waals surface area contributed by atoms with Crippen LogP contribution in [0.4, 0.5) is 5.82 Å². The number of rotatable bonds is 5. The fourth-order valence-corrected chi connectivity index (χ4v) is 1.66. The van der Waals surface area contributed by atoms with Crippen molar-refractivity contribution in [3.8, 4) is 0 Å². The molecule has 0 fully saturated rings. The Hall–Kier alpha value is -1.69. The van der Waals surface area contributed by atoms with Crippen molar-refractivity contribution >= 4 is 16.9 Å². The van der Waals surface area contributed by atoms with E-state index in [4.69, 9.17) is 0 Å². The highest BCUT2D eigenvalue weighted by Gasteiger charge is 2.08. The maximum Gasteiger partial charge on any atom is 0.163 e. The number of nitrogens with one attached hydrogen (secondary N) is 1. The second-order valence-corrected chi connectivity index (χ2v) is 4.16. The normalized spacial score (nSPS) is 11.3. The van der Waals surface area contributed by atoms with Crippen molar-refractivity contribution in [2.75, 3.05) is 32.5 Å². The lowest BCUT2D eigenvalue weighted by molar-refractivity contribution is 0.376. The molecule has 17 heavy (non-hydrogen) atoms. The van der Waals surface area contributed by atoms with Crippen LogP contribution in [0.1, 0.15) is 6.92 Å². The molecule has 0 unspecified atom stereocenters. The Labute approximate surface area is 101 Å². The molecule has 2 rings (SSSR count). The molecular formula is C11H18N6. The monoisotopic (exact) mass is 234 g/mol. The largest absolute Gasteiger partial charge is 0.370 e. The van der Waals surface area contributed by atoms with Crippen LogP contribution in [-0.4, -0.2) is 51.8 Å². The summed E-state index contributed by atoms with van der Waals surface area (Å²) in [7, 11) is 4.09. The molecule has 2 heterocycles. The van der Waals surface area contributed by atoms with E-state index in [1.54, 1.807) is 6.33 Å². The van der Waals surface area contributed by atoms with Crippen LogP contribution in [0, 0.1) is 0 Å². The van der Waals surface area contributed by atoms with Gasteiger partial charge in [0.15, 0.2) is 5.65 Å². The summed E-state index contributed by atoms with van der Waals surface area (Å²) in [4.78, 5) is 10.6. The van der Waals surface area contributed by atoms with Crippen LogP contribution in [0.2, 0.25) is 0 Å². The highest BCUT2D eigenvalue weighted by Crippen LogP contribution is 2.17. The van der Waals surface area contributed by atoms with Gasteiger partial charge in [-0.3, -0.25) is 0 Å². The highest BCUT2D eigenvalue weighted by molar-refractivity contribution is 5.85. The van der Waals surface area contributed by atoms with E-state index >= 15 is 0 Å². The average Bonchev–Trinajstić information content (AvgIpc) is 2.71. The minimum absolute atomic E-state index is 0.832. The Bertz CT molecular complexity index is 490. The maximum atomic E-state index is 4.36. The zero-order chi connectivity index (χ0) is 12.3. The van der Waals surface area contributed by atoms with Crippen molar-refractivity contribution in [1.29, 1.82) is 0 Å². The molecule has 6 heteroatoms. The number of anilines is 1. The summed E-state index contributed by atoms with van der Waals surface area (Å²) < 4.78 is 1.91. The fraction of sp³-hybridized carbons (Fsp3) is 0.545.